The van der Waals surface area contributed by atoms with Gasteiger partial charge in [0.1, 0.15) is 12.6 Å². The maximum absolute atomic E-state index is 12.7. The topological polar surface area (TPSA) is 105 Å². The number of ether oxygens (including phenoxy) is 1. The van der Waals surface area contributed by atoms with Crippen LogP contribution < -0.4 is 10.6 Å². The van der Waals surface area contributed by atoms with E-state index < -0.39 is 24.0 Å². The zero-order valence-corrected chi connectivity index (χ0v) is 18.8. The summed E-state index contributed by atoms with van der Waals surface area (Å²) in [7, 11) is 0. The molecule has 0 radical (unpaired) electrons. The van der Waals surface area contributed by atoms with Crippen LogP contribution in [0.3, 0.4) is 0 Å². The van der Waals surface area contributed by atoms with Crippen LogP contribution in [0.4, 0.5) is 4.79 Å². The molecular formula is C26H30N2O5. The number of fused-ring (bicyclic) bond motifs is 3. The number of aliphatic carboxylic acids is 1. The number of carbonyl (C=O) groups is 3. The van der Waals surface area contributed by atoms with E-state index in [9.17, 15) is 19.5 Å². The number of hydrogen-bond acceptors (Lipinski definition) is 4. The van der Waals surface area contributed by atoms with E-state index in [-0.39, 0.29) is 24.5 Å². The lowest BCUT2D eigenvalue weighted by atomic mass is 9.83. The Bertz CT molecular complexity index is 991. The maximum Gasteiger partial charge on any atom is 0.407 e. The van der Waals surface area contributed by atoms with Crippen LogP contribution in [0.15, 0.2) is 48.5 Å². The molecule has 0 bridgehead atoms. The highest BCUT2D eigenvalue weighted by atomic mass is 16.5. The average molecular weight is 451 g/mol. The molecule has 174 valence electrons. The van der Waals surface area contributed by atoms with Crippen molar-refractivity contribution >= 4 is 18.0 Å². The van der Waals surface area contributed by atoms with Gasteiger partial charge >= 0.3 is 12.1 Å². The lowest BCUT2D eigenvalue weighted by molar-refractivity contribution is -0.143. The van der Waals surface area contributed by atoms with Crippen LogP contribution in [0.25, 0.3) is 11.1 Å². The Morgan fingerprint density at radius 1 is 1.00 bits per heavy atom. The second kappa shape index (κ2) is 10.1. The summed E-state index contributed by atoms with van der Waals surface area (Å²) >= 11 is 0. The van der Waals surface area contributed by atoms with E-state index >= 15 is 0 Å². The number of carbonyl (C=O) groups excluding carboxylic acids is 2. The van der Waals surface area contributed by atoms with E-state index in [4.69, 9.17) is 4.74 Å². The number of hydrogen-bond donors (Lipinski definition) is 3. The molecular weight excluding hydrogens is 420 g/mol. The molecule has 0 aliphatic heterocycles. The molecule has 2 aromatic rings. The highest BCUT2D eigenvalue weighted by Crippen LogP contribution is 2.44. The van der Waals surface area contributed by atoms with Crippen molar-refractivity contribution in [2.75, 3.05) is 6.61 Å². The Labute approximate surface area is 193 Å². The molecule has 1 fully saturated rings. The van der Waals surface area contributed by atoms with Crippen LogP contribution >= 0.6 is 0 Å². The van der Waals surface area contributed by atoms with Gasteiger partial charge in [0, 0.05) is 12.0 Å². The minimum absolute atomic E-state index is 0.0329. The first kappa shape index (κ1) is 22.8. The van der Waals surface area contributed by atoms with Gasteiger partial charge in [0.2, 0.25) is 5.91 Å². The summed E-state index contributed by atoms with van der Waals surface area (Å²) in [6.07, 6.45) is 2.78. The van der Waals surface area contributed by atoms with Crippen LogP contribution in [0.2, 0.25) is 0 Å². The second-order valence-electron chi connectivity index (χ2n) is 8.77. The van der Waals surface area contributed by atoms with Gasteiger partial charge in [-0.2, -0.15) is 0 Å². The molecule has 0 aromatic heterocycles. The quantitative estimate of drug-likeness (QED) is 0.590. The van der Waals surface area contributed by atoms with Gasteiger partial charge in [-0.05, 0) is 41.5 Å². The van der Waals surface area contributed by atoms with Crippen molar-refractivity contribution in [1.29, 1.82) is 0 Å². The molecule has 1 saturated carbocycles. The Kier molecular flexibility index (Phi) is 6.96. The van der Waals surface area contributed by atoms with Crippen molar-refractivity contribution in [3.8, 4) is 11.1 Å². The van der Waals surface area contributed by atoms with Gasteiger partial charge in [-0.1, -0.05) is 68.3 Å². The summed E-state index contributed by atoms with van der Waals surface area (Å²) in [6, 6.07) is 15.0. The monoisotopic (exact) mass is 450 g/mol. The molecule has 33 heavy (non-hydrogen) atoms. The molecule has 2 aliphatic carbocycles. The Balaban J connectivity index is 1.39. The second-order valence-corrected chi connectivity index (χ2v) is 8.77. The van der Waals surface area contributed by atoms with Crippen molar-refractivity contribution in [3.63, 3.8) is 0 Å². The van der Waals surface area contributed by atoms with E-state index in [0.717, 1.165) is 35.1 Å². The van der Waals surface area contributed by atoms with E-state index in [1.165, 1.54) is 0 Å². The van der Waals surface area contributed by atoms with E-state index in [0.29, 0.717) is 19.3 Å². The van der Waals surface area contributed by atoms with E-state index in [1.54, 1.807) is 6.92 Å². The van der Waals surface area contributed by atoms with Crippen molar-refractivity contribution < 1.29 is 24.2 Å². The molecule has 3 atom stereocenters. The highest BCUT2D eigenvalue weighted by Gasteiger charge is 2.35. The Morgan fingerprint density at radius 3 is 2.21 bits per heavy atom. The fourth-order valence-corrected chi connectivity index (χ4v) is 5.03. The number of carboxylic acids is 1. The Hall–Kier alpha value is -3.35. The molecule has 2 aromatic carbocycles. The summed E-state index contributed by atoms with van der Waals surface area (Å²) in [6.45, 7) is 1.92. The van der Waals surface area contributed by atoms with Gasteiger partial charge in [0.05, 0.1) is 5.92 Å². The average Bonchev–Trinajstić information content (AvgIpc) is 3.15. The minimum Gasteiger partial charge on any atom is -0.480 e. The van der Waals surface area contributed by atoms with Crippen LogP contribution in [0.5, 0.6) is 0 Å². The van der Waals surface area contributed by atoms with Crippen molar-refractivity contribution in [2.45, 2.75) is 57.0 Å². The number of nitrogens with one attached hydrogen (secondary N) is 2. The van der Waals surface area contributed by atoms with E-state index in [2.05, 4.69) is 34.9 Å². The predicted octanol–water partition coefficient (Wildman–Crippen LogP) is 4.06. The fourth-order valence-electron chi connectivity index (χ4n) is 5.03. The Morgan fingerprint density at radius 2 is 1.61 bits per heavy atom. The van der Waals surface area contributed by atoms with Crippen LogP contribution in [0.1, 0.15) is 56.1 Å². The molecule has 2 amide bonds. The normalized spacial score (nSPS) is 20.3. The SMILES string of the molecule is CCC(NC(=O)[C@H]1CCCC[C@H]1NC(=O)OCC1c2ccccc2-c2ccccc21)C(=O)O. The first-order valence-electron chi connectivity index (χ1n) is 11.6. The zero-order valence-electron chi connectivity index (χ0n) is 18.8. The maximum atomic E-state index is 12.7. The molecule has 3 N–H and O–H groups in total. The van der Waals surface area contributed by atoms with Gasteiger partial charge in [0.15, 0.2) is 0 Å². The largest absolute Gasteiger partial charge is 0.480 e. The third-order valence-electron chi connectivity index (χ3n) is 6.77. The molecule has 4 rings (SSSR count). The van der Waals surface area contributed by atoms with E-state index in [1.807, 2.05) is 24.3 Å². The smallest absolute Gasteiger partial charge is 0.407 e. The van der Waals surface area contributed by atoms with Crippen LogP contribution in [-0.4, -0.2) is 41.8 Å². The number of carboxylic acid groups (broad SMARTS) is 1. The molecule has 1 unspecified atom stereocenters. The number of rotatable bonds is 7. The first-order valence-corrected chi connectivity index (χ1v) is 11.6. The molecule has 0 spiro atoms. The minimum atomic E-state index is -1.05. The predicted molar refractivity (Wildman–Crippen MR) is 124 cm³/mol. The summed E-state index contributed by atoms with van der Waals surface area (Å²) in [5.41, 5.74) is 4.60. The van der Waals surface area contributed by atoms with Gasteiger partial charge in [-0.15, -0.1) is 0 Å². The van der Waals surface area contributed by atoms with Crippen LogP contribution in [0, 0.1) is 5.92 Å². The van der Waals surface area contributed by atoms with Crippen LogP contribution in [-0.2, 0) is 14.3 Å². The fraction of sp³-hybridized carbons (Fsp3) is 0.423. The third kappa shape index (κ3) is 4.87. The van der Waals surface area contributed by atoms with Gasteiger partial charge in [-0.25, -0.2) is 9.59 Å². The van der Waals surface area contributed by atoms with Gasteiger partial charge in [-0.3, -0.25) is 4.79 Å². The lowest BCUT2D eigenvalue weighted by Gasteiger charge is -2.31. The van der Waals surface area contributed by atoms with Crippen molar-refractivity contribution in [1.82, 2.24) is 10.6 Å². The van der Waals surface area contributed by atoms with Gasteiger partial charge in [0.25, 0.3) is 0 Å². The molecule has 0 heterocycles. The number of alkyl carbamates (subject to hydrolysis) is 1. The lowest BCUT2D eigenvalue weighted by Crippen LogP contribution is -2.51. The zero-order chi connectivity index (χ0) is 23.4. The highest BCUT2D eigenvalue weighted by molar-refractivity contribution is 5.86. The number of benzene rings is 2. The van der Waals surface area contributed by atoms with Gasteiger partial charge < -0.3 is 20.5 Å². The summed E-state index contributed by atoms with van der Waals surface area (Å²) in [5.74, 6) is -1.88. The van der Waals surface area contributed by atoms with Crippen molar-refractivity contribution in [2.24, 2.45) is 5.92 Å². The molecule has 0 saturated heterocycles. The summed E-state index contributed by atoms with van der Waals surface area (Å²) in [5, 5.41) is 14.7. The molecule has 7 nitrogen and oxygen atoms in total. The molecule has 7 heteroatoms. The summed E-state index contributed by atoms with van der Waals surface area (Å²) in [4.78, 5) is 36.7. The first-order chi connectivity index (χ1) is 16.0. The number of amides is 2. The summed E-state index contributed by atoms with van der Waals surface area (Å²) < 4.78 is 5.64. The molecule has 2 aliphatic rings. The third-order valence-corrected chi connectivity index (χ3v) is 6.77. The standard InChI is InChI=1S/C26H30N2O5/c1-2-22(25(30)31)27-24(29)20-13-7-8-14-23(20)28-26(32)33-15-21-18-11-5-3-9-16(18)17-10-4-6-12-19(17)21/h3-6,9-12,20-23H,2,7-8,13-15H2,1H3,(H,27,29)(H,28,32)(H,30,31)/t20-,22?,23+/m0/s1. The van der Waals surface area contributed by atoms with Crippen molar-refractivity contribution in [3.05, 3.63) is 59.7 Å².